The number of imidazole rings is 1. The van der Waals surface area contributed by atoms with Gasteiger partial charge in [0.15, 0.2) is 0 Å². The molecule has 0 spiro atoms. The first-order valence-corrected chi connectivity index (χ1v) is 7.16. The Kier molecular flexibility index (Phi) is 3.96. The first-order valence-electron chi connectivity index (χ1n) is 6.62. The van der Waals surface area contributed by atoms with Crippen LogP contribution in [0.15, 0.2) is 18.2 Å². The SMILES string of the molecule is CCC(C(C)C)n1c(CCl)nc2cccc(C)c21. The van der Waals surface area contributed by atoms with Crippen LogP contribution in [0, 0.1) is 12.8 Å². The average molecular weight is 265 g/mol. The van der Waals surface area contributed by atoms with Crippen LogP contribution in [-0.4, -0.2) is 9.55 Å². The highest BCUT2D eigenvalue weighted by Crippen LogP contribution is 2.30. The van der Waals surface area contributed by atoms with Crippen molar-refractivity contribution in [2.45, 2.75) is 46.0 Å². The molecule has 0 amide bonds. The molecular formula is C15H21ClN2. The average Bonchev–Trinajstić information content (AvgIpc) is 2.70. The zero-order valence-corrected chi connectivity index (χ0v) is 12.3. The van der Waals surface area contributed by atoms with Gasteiger partial charge in [0.25, 0.3) is 0 Å². The Morgan fingerprint density at radius 1 is 1.33 bits per heavy atom. The highest BCUT2D eigenvalue weighted by Gasteiger charge is 2.20. The highest BCUT2D eigenvalue weighted by molar-refractivity contribution is 6.16. The van der Waals surface area contributed by atoms with Crippen molar-refractivity contribution in [3.05, 3.63) is 29.6 Å². The van der Waals surface area contributed by atoms with Crippen molar-refractivity contribution < 1.29 is 0 Å². The van der Waals surface area contributed by atoms with Gasteiger partial charge < -0.3 is 4.57 Å². The summed E-state index contributed by atoms with van der Waals surface area (Å²) >= 11 is 6.08. The van der Waals surface area contributed by atoms with Gasteiger partial charge in [-0.25, -0.2) is 4.98 Å². The monoisotopic (exact) mass is 264 g/mol. The standard InChI is InChI=1S/C15H21ClN2/c1-5-13(10(2)3)18-14(9-16)17-12-8-6-7-11(4)15(12)18/h6-8,10,13H,5,9H2,1-4H3. The van der Waals surface area contributed by atoms with Crippen molar-refractivity contribution in [1.29, 1.82) is 0 Å². The minimum atomic E-state index is 0.463. The lowest BCUT2D eigenvalue weighted by Crippen LogP contribution is -2.17. The Balaban J connectivity index is 2.73. The van der Waals surface area contributed by atoms with E-state index in [9.17, 15) is 0 Å². The van der Waals surface area contributed by atoms with Gasteiger partial charge >= 0.3 is 0 Å². The third kappa shape index (κ3) is 2.14. The van der Waals surface area contributed by atoms with Crippen molar-refractivity contribution in [2.75, 3.05) is 0 Å². The van der Waals surface area contributed by atoms with Crippen molar-refractivity contribution in [3.63, 3.8) is 0 Å². The van der Waals surface area contributed by atoms with E-state index in [1.165, 1.54) is 11.1 Å². The van der Waals surface area contributed by atoms with Gasteiger partial charge in [-0.3, -0.25) is 0 Å². The Labute approximate surface area is 114 Å². The van der Waals surface area contributed by atoms with E-state index in [1.54, 1.807) is 0 Å². The summed E-state index contributed by atoms with van der Waals surface area (Å²) in [6.45, 7) is 8.89. The van der Waals surface area contributed by atoms with E-state index in [2.05, 4.69) is 55.4 Å². The number of hydrogen-bond donors (Lipinski definition) is 0. The third-order valence-corrected chi connectivity index (χ3v) is 3.86. The van der Waals surface area contributed by atoms with Crippen LogP contribution < -0.4 is 0 Å². The maximum absolute atomic E-state index is 6.08. The molecule has 1 atom stereocenters. The summed E-state index contributed by atoms with van der Waals surface area (Å²) in [6.07, 6.45) is 1.10. The molecule has 3 heteroatoms. The van der Waals surface area contributed by atoms with Gasteiger partial charge in [0.2, 0.25) is 0 Å². The van der Waals surface area contributed by atoms with Crippen LogP contribution in [0.1, 0.15) is 44.6 Å². The number of fused-ring (bicyclic) bond motifs is 1. The summed E-state index contributed by atoms with van der Waals surface area (Å²) in [5.74, 6) is 2.03. The Bertz CT molecular complexity index is 543. The molecule has 1 aromatic heterocycles. The van der Waals surface area contributed by atoms with Crippen molar-refractivity contribution in [1.82, 2.24) is 9.55 Å². The molecule has 18 heavy (non-hydrogen) atoms. The van der Waals surface area contributed by atoms with Gasteiger partial charge in [-0.2, -0.15) is 0 Å². The number of aromatic nitrogens is 2. The number of aryl methyl sites for hydroxylation is 1. The van der Waals surface area contributed by atoms with Crippen molar-refractivity contribution >= 4 is 22.6 Å². The summed E-state index contributed by atoms with van der Waals surface area (Å²) in [5, 5.41) is 0. The normalized spacial score (nSPS) is 13.4. The molecule has 0 fully saturated rings. The molecule has 2 nitrogen and oxygen atoms in total. The van der Waals surface area contributed by atoms with Crippen LogP contribution in [0.3, 0.4) is 0 Å². The van der Waals surface area contributed by atoms with E-state index in [4.69, 9.17) is 11.6 Å². The summed E-state index contributed by atoms with van der Waals surface area (Å²) < 4.78 is 2.35. The predicted molar refractivity (Wildman–Crippen MR) is 78.2 cm³/mol. The van der Waals surface area contributed by atoms with Crippen LogP contribution >= 0.6 is 11.6 Å². The second kappa shape index (κ2) is 5.31. The van der Waals surface area contributed by atoms with Crippen LogP contribution in [0.5, 0.6) is 0 Å². The largest absolute Gasteiger partial charge is 0.323 e. The van der Waals surface area contributed by atoms with E-state index < -0.39 is 0 Å². The number of benzene rings is 1. The molecule has 1 aromatic carbocycles. The van der Waals surface area contributed by atoms with E-state index in [1.807, 2.05) is 0 Å². The number of nitrogens with zero attached hydrogens (tertiary/aromatic N) is 2. The molecule has 1 unspecified atom stereocenters. The van der Waals surface area contributed by atoms with E-state index in [0.717, 1.165) is 17.8 Å². The van der Waals surface area contributed by atoms with E-state index in [-0.39, 0.29) is 0 Å². The fourth-order valence-electron chi connectivity index (χ4n) is 2.77. The fourth-order valence-corrected chi connectivity index (χ4v) is 2.96. The predicted octanol–water partition coefficient (Wildman–Crippen LogP) is 4.69. The molecule has 0 radical (unpaired) electrons. The van der Waals surface area contributed by atoms with Crippen LogP contribution in [-0.2, 0) is 5.88 Å². The quantitative estimate of drug-likeness (QED) is 0.733. The number of alkyl halides is 1. The lowest BCUT2D eigenvalue weighted by molar-refractivity contribution is 0.367. The lowest BCUT2D eigenvalue weighted by Gasteiger charge is -2.24. The van der Waals surface area contributed by atoms with Gasteiger partial charge in [0.1, 0.15) is 5.82 Å². The Morgan fingerprint density at radius 3 is 2.61 bits per heavy atom. The number of para-hydroxylation sites is 1. The van der Waals surface area contributed by atoms with Crippen LogP contribution in [0.4, 0.5) is 0 Å². The highest BCUT2D eigenvalue weighted by atomic mass is 35.5. The van der Waals surface area contributed by atoms with Gasteiger partial charge in [-0.15, -0.1) is 11.6 Å². The number of rotatable bonds is 4. The first kappa shape index (κ1) is 13.4. The second-order valence-corrected chi connectivity index (χ2v) is 5.46. The van der Waals surface area contributed by atoms with Crippen molar-refractivity contribution in [3.8, 4) is 0 Å². The molecule has 98 valence electrons. The maximum atomic E-state index is 6.08. The van der Waals surface area contributed by atoms with E-state index in [0.29, 0.717) is 17.8 Å². The molecule has 2 rings (SSSR count). The molecule has 1 heterocycles. The Hall–Kier alpha value is -1.02. The Morgan fingerprint density at radius 2 is 2.06 bits per heavy atom. The molecular weight excluding hydrogens is 244 g/mol. The molecule has 0 saturated carbocycles. The molecule has 0 N–H and O–H groups in total. The summed E-state index contributed by atoms with van der Waals surface area (Å²) in [6, 6.07) is 6.74. The second-order valence-electron chi connectivity index (χ2n) is 5.19. The smallest absolute Gasteiger partial charge is 0.125 e. The molecule has 0 bridgehead atoms. The van der Waals surface area contributed by atoms with Crippen LogP contribution in [0.2, 0.25) is 0 Å². The van der Waals surface area contributed by atoms with Gasteiger partial charge in [-0.05, 0) is 30.9 Å². The van der Waals surface area contributed by atoms with Gasteiger partial charge in [0.05, 0.1) is 16.9 Å². The van der Waals surface area contributed by atoms with Gasteiger partial charge in [0, 0.05) is 6.04 Å². The molecule has 0 aliphatic rings. The number of hydrogen-bond acceptors (Lipinski definition) is 1. The molecule has 0 aliphatic heterocycles. The summed E-state index contributed by atoms with van der Waals surface area (Å²) in [4.78, 5) is 4.67. The summed E-state index contributed by atoms with van der Waals surface area (Å²) in [5.41, 5.74) is 3.58. The van der Waals surface area contributed by atoms with E-state index >= 15 is 0 Å². The van der Waals surface area contributed by atoms with Crippen molar-refractivity contribution in [2.24, 2.45) is 5.92 Å². The first-order chi connectivity index (χ1) is 8.60. The third-order valence-electron chi connectivity index (χ3n) is 3.62. The minimum Gasteiger partial charge on any atom is -0.323 e. The minimum absolute atomic E-state index is 0.463. The molecule has 0 saturated heterocycles. The summed E-state index contributed by atoms with van der Waals surface area (Å²) in [7, 11) is 0. The molecule has 0 aliphatic carbocycles. The number of halogens is 1. The zero-order chi connectivity index (χ0) is 13.3. The van der Waals surface area contributed by atoms with Crippen LogP contribution in [0.25, 0.3) is 11.0 Å². The molecule has 2 aromatic rings. The topological polar surface area (TPSA) is 17.8 Å². The maximum Gasteiger partial charge on any atom is 0.125 e. The van der Waals surface area contributed by atoms with Gasteiger partial charge in [-0.1, -0.05) is 32.9 Å². The lowest BCUT2D eigenvalue weighted by atomic mass is 10.0. The zero-order valence-electron chi connectivity index (χ0n) is 11.6. The fraction of sp³-hybridized carbons (Fsp3) is 0.533.